The van der Waals surface area contributed by atoms with Crippen LogP contribution in [0.25, 0.3) is 0 Å². The van der Waals surface area contributed by atoms with Crippen LogP contribution in [0, 0.1) is 6.92 Å². The summed E-state index contributed by atoms with van der Waals surface area (Å²) in [7, 11) is 3.88. The fraction of sp³-hybridized carbons (Fsp3) is 0.769. The van der Waals surface area contributed by atoms with Gasteiger partial charge in [-0.1, -0.05) is 13.8 Å². The van der Waals surface area contributed by atoms with Gasteiger partial charge in [0.15, 0.2) is 0 Å². The molecule has 1 aromatic rings. The van der Waals surface area contributed by atoms with Crippen LogP contribution in [-0.2, 0) is 11.3 Å². The highest BCUT2D eigenvalue weighted by molar-refractivity contribution is 7.09. The van der Waals surface area contributed by atoms with Crippen molar-refractivity contribution in [2.24, 2.45) is 0 Å². The third kappa shape index (κ3) is 5.44. The van der Waals surface area contributed by atoms with E-state index < -0.39 is 0 Å². The molecular weight excluding hydrogens is 246 g/mol. The molecule has 1 atom stereocenters. The van der Waals surface area contributed by atoms with Gasteiger partial charge in [-0.25, -0.2) is 4.98 Å². The van der Waals surface area contributed by atoms with Crippen molar-refractivity contribution in [1.29, 1.82) is 0 Å². The minimum Gasteiger partial charge on any atom is -0.383 e. The third-order valence-electron chi connectivity index (χ3n) is 2.82. The van der Waals surface area contributed by atoms with E-state index in [0.717, 1.165) is 30.4 Å². The molecule has 1 rings (SSSR count). The largest absolute Gasteiger partial charge is 0.383 e. The normalized spacial score (nSPS) is 13.5. The first-order chi connectivity index (χ1) is 8.52. The molecule has 0 fully saturated rings. The van der Waals surface area contributed by atoms with Crippen LogP contribution in [0.5, 0.6) is 0 Å². The topological polar surface area (TPSA) is 37.4 Å². The second kappa shape index (κ2) is 7.84. The van der Waals surface area contributed by atoms with Crippen molar-refractivity contribution in [3.63, 3.8) is 0 Å². The van der Waals surface area contributed by atoms with E-state index in [1.54, 1.807) is 18.4 Å². The van der Waals surface area contributed by atoms with Crippen LogP contribution in [0.2, 0.25) is 0 Å². The zero-order chi connectivity index (χ0) is 13.5. The van der Waals surface area contributed by atoms with Crippen LogP contribution in [0.3, 0.4) is 0 Å². The lowest BCUT2D eigenvalue weighted by atomic mass is 10.2. The molecule has 0 saturated heterocycles. The van der Waals surface area contributed by atoms with Crippen molar-refractivity contribution in [1.82, 2.24) is 15.2 Å². The Morgan fingerprint density at radius 2 is 2.22 bits per heavy atom. The van der Waals surface area contributed by atoms with Gasteiger partial charge in [0, 0.05) is 37.7 Å². The van der Waals surface area contributed by atoms with E-state index in [9.17, 15) is 0 Å². The monoisotopic (exact) mass is 271 g/mol. The molecule has 0 radical (unpaired) electrons. The molecule has 1 unspecified atom stereocenters. The Morgan fingerprint density at radius 1 is 1.50 bits per heavy atom. The van der Waals surface area contributed by atoms with Crippen LogP contribution < -0.4 is 5.32 Å². The average molecular weight is 271 g/mol. The number of nitrogens with one attached hydrogen (secondary N) is 1. The molecule has 1 N–H and O–H groups in total. The molecule has 0 aliphatic heterocycles. The van der Waals surface area contributed by atoms with Gasteiger partial charge in [0.1, 0.15) is 0 Å². The molecule has 5 heteroatoms. The number of rotatable bonds is 8. The van der Waals surface area contributed by atoms with E-state index in [1.165, 1.54) is 0 Å². The number of methoxy groups -OCH3 is 1. The van der Waals surface area contributed by atoms with Crippen LogP contribution in [-0.4, -0.2) is 49.3 Å². The van der Waals surface area contributed by atoms with Gasteiger partial charge in [0.05, 0.1) is 17.3 Å². The van der Waals surface area contributed by atoms with E-state index in [4.69, 9.17) is 4.74 Å². The molecule has 0 saturated carbocycles. The summed E-state index contributed by atoms with van der Waals surface area (Å²) in [6.07, 6.45) is 0. The lowest BCUT2D eigenvalue weighted by molar-refractivity contribution is 0.0995. The van der Waals surface area contributed by atoms with Crippen LogP contribution >= 0.6 is 11.3 Å². The van der Waals surface area contributed by atoms with Gasteiger partial charge in [-0.05, 0) is 14.0 Å². The molecule has 18 heavy (non-hydrogen) atoms. The van der Waals surface area contributed by atoms with Crippen molar-refractivity contribution in [3.8, 4) is 0 Å². The molecule has 0 bridgehead atoms. The molecule has 1 aromatic heterocycles. The zero-order valence-corrected chi connectivity index (χ0v) is 12.9. The van der Waals surface area contributed by atoms with Crippen molar-refractivity contribution in [2.45, 2.75) is 39.4 Å². The number of aromatic nitrogens is 1. The molecule has 0 amide bonds. The summed E-state index contributed by atoms with van der Waals surface area (Å²) >= 11 is 1.71. The minimum atomic E-state index is 0.374. The Hall–Kier alpha value is -0.490. The van der Waals surface area contributed by atoms with Crippen molar-refractivity contribution < 1.29 is 4.74 Å². The van der Waals surface area contributed by atoms with Gasteiger partial charge < -0.3 is 10.1 Å². The summed E-state index contributed by atoms with van der Waals surface area (Å²) in [5.74, 6) is 0. The molecule has 0 aliphatic carbocycles. The Kier molecular flexibility index (Phi) is 6.78. The molecule has 1 heterocycles. The third-order valence-corrected chi connectivity index (χ3v) is 3.64. The predicted molar refractivity (Wildman–Crippen MR) is 77.1 cm³/mol. The maximum atomic E-state index is 5.30. The van der Waals surface area contributed by atoms with Gasteiger partial charge in [-0.2, -0.15) is 0 Å². The quantitative estimate of drug-likeness (QED) is 0.783. The number of nitrogens with zero attached hydrogens (tertiary/aromatic N) is 2. The first kappa shape index (κ1) is 15.6. The number of likely N-dealkylation sites (N-methyl/N-ethyl adjacent to an activating group) is 1. The Bertz CT molecular complexity index is 341. The SMILES string of the molecule is COCC(CNC(C)C)N(C)Cc1csc(C)n1. The highest BCUT2D eigenvalue weighted by atomic mass is 32.1. The number of ether oxygens (including phenoxy) is 1. The summed E-state index contributed by atoms with van der Waals surface area (Å²) in [6.45, 7) is 8.91. The highest BCUT2D eigenvalue weighted by Gasteiger charge is 2.16. The standard InChI is InChI=1S/C13H25N3OS/c1-10(2)14-6-13(8-17-5)16(4)7-12-9-18-11(3)15-12/h9-10,13-14H,6-8H2,1-5H3. The predicted octanol–water partition coefficient (Wildman–Crippen LogP) is 1.90. The fourth-order valence-corrected chi connectivity index (χ4v) is 2.38. The maximum Gasteiger partial charge on any atom is 0.0897 e. The van der Waals surface area contributed by atoms with E-state index in [1.807, 2.05) is 6.92 Å². The van der Waals surface area contributed by atoms with E-state index >= 15 is 0 Å². The summed E-state index contributed by atoms with van der Waals surface area (Å²) in [5, 5.41) is 6.72. The Balaban J connectivity index is 2.50. The first-order valence-corrected chi connectivity index (χ1v) is 7.24. The van der Waals surface area contributed by atoms with Crippen molar-refractivity contribution in [3.05, 3.63) is 16.1 Å². The first-order valence-electron chi connectivity index (χ1n) is 6.36. The van der Waals surface area contributed by atoms with Crippen LogP contribution in [0.4, 0.5) is 0 Å². The summed E-state index contributed by atoms with van der Waals surface area (Å²) in [5.41, 5.74) is 1.14. The number of aryl methyl sites for hydroxylation is 1. The second-order valence-electron chi connectivity index (χ2n) is 4.95. The Labute approximate surface area is 114 Å². The van der Waals surface area contributed by atoms with Crippen molar-refractivity contribution in [2.75, 3.05) is 27.3 Å². The van der Waals surface area contributed by atoms with Crippen LogP contribution in [0.1, 0.15) is 24.5 Å². The molecule has 0 aliphatic rings. The average Bonchev–Trinajstić information content (AvgIpc) is 2.69. The van der Waals surface area contributed by atoms with Gasteiger partial charge in [0.25, 0.3) is 0 Å². The lowest BCUT2D eigenvalue weighted by Crippen LogP contribution is -2.44. The van der Waals surface area contributed by atoms with E-state index in [0.29, 0.717) is 12.1 Å². The van der Waals surface area contributed by atoms with Gasteiger partial charge in [-0.15, -0.1) is 11.3 Å². The Morgan fingerprint density at radius 3 is 2.72 bits per heavy atom. The highest BCUT2D eigenvalue weighted by Crippen LogP contribution is 2.11. The molecule has 4 nitrogen and oxygen atoms in total. The van der Waals surface area contributed by atoms with E-state index in [2.05, 4.69) is 41.5 Å². The molecule has 0 spiro atoms. The summed E-state index contributed by atoms with van der Waals surface area (Å²) in [6, 6.07) is 0.874. The van der Waals surface area contributed by atoms with Crippen molar-refractivity contribution >= 4 is 11.3 Å². The molecule has 104 valence electrons. The van der Waals surface area contributed by atoms with Gasteiger partial charge >= 0.3 is 0 Å². The lowest BCUT2D eigenvalue weighted by Gasteiger charge is -2.28. The summed E-state index contributed by atoms with van der Waals surface area (Å²) in [4.78, 5) is 6.80. The zero-order valence-electron chi connectivity index (χ0n) is 12.1. The molecular formula is C13H25N3OS. The second-order valence-corrected chi connectivity index (χ2v) is 6.01. The smallest absolute Gasteiger partial charge is 0.0897 e. The van der Waals surface area contributed by atoms with Gasteiger partial charge in [-0.3, -0.25) is 4.90 Å². The number of thiazole rings is 1. The van der Waals surface area contributed by atoms with E-state index in [-0.39, 0.29) is 0 Å². The minimum absolute atomic E-state index is 0.374. The fourth-order valence-electron chi connectivity index (χ4n) is 1.77. The number of hydrogen-bond donors (Lipinski definition) is 1. The number of hydrogen-bond acceptors (Lipinski definition) is 5. The summed E-state index contributed by atoms with van der Waals surface area (Å²) < 4.78 is 5.30. The molecule has 0 aromatic carbocycles. The van der Waals surface area contributed by atoms with Crippen LogP contribution in [0.15, 0.2) is 5.38 Å². The van der Waals surface area contributed by atoms with Gasteiger partial charge in [0.2, 0.25) is 0 Å². The maximum absolute atomic E-state index is 5.30.